The zero-order valence-electron chi connectivity index (χ0n) is 24.1. The number of benzene rings is 3. The van der Waals surface area contributed by atoms with Crippen molar-refractivity contribution in [1.29, 1.82) is 0 Å². The van der Waals surface area contributed by atoms with Crippen LogP contribution in [-0.2, 0) is 9.53 Å². The number of amides is 1. The molecule has 0 fully saturated rings. The minimum absolute atomic E-state index is 0.209. The first-order chi connectivity index (χ1) is 20.8. The Morgan fingerprint density at radius 3 is 2.30 bits per heavy atom. The van der Waals surface area contributed by atoms with E-state index in [1.54, 1.807) is 38.5 Å². The van der Waals surface area contributed by atoms with E-state index in [2.05, 4.69) is 25.8 Å². The monoisotopic (exact) mass is 602 g/mol. The quantitative estimate of drug-likeness (QED) is 0.167. The number of carbonyl (C=O) groups excluding carboxylic acids is 1. The van der Waals surface area contributed by atoms with Crippen molar-refractivity contribution in [3.8, 4) is 39.4 Å². The van der Waals surface area contributed by atoms with Gasteiger partial charge in [-0.05, 0) is 30.2 Å². The Balaban J connectivity index is 1.36. The van der Waals surface area contributed by atoms with Crippen molar-refractivity contribution >= 4 is 39.6 Å². The highest BCUT2D eigenvalue weighted by Gasteiger charge is 2.22. The van der Waals surface area contributed by atoms with Crippen LogP contribution in [0.4, 0.5) is 22.3 Å². The molecule has 0 saturated heterocycles. The zero-order valence-corrected chi connectivity index (χ0v) is 24.9. The third-order valence-corrected chi connectivity index (χ3v) is 7.49. The summed E-state index contributed by atoms with van der Waals surface area (Å²) in [5.74, 6) is 1.91. The maximum absolute atomic E-state index is 13.0. The van der Waals surface area contributed by atoms with Crippen LogP contribution in [0.1, 0.15) is 17.2 Å². The van der Waals surface area contributed by atoms with Crippen LogP contribution in [0, 0.1) is 6.92 Å². The Morgan fingerprint density at radius 2 is 1.65 bits per heavy atom. The molecule has 0 aliphatic rings. The van der Waals surface area contributed by atoms with Gasteiger partial charge in [0.05, 0.1) is 21.3 Å². The molecule has 0 bridgehead atoms. The number of anilines is 4. The Hall–Kier alpha value is -5.14. The average Bonchev–Trinajstić information content (AvgIpc) is 3.64. The Labute approximate surface area is 251 Å². The highest BCUT2D eigenvalue weighted by atomic mass is 32.1. The number of rotatable bonds is 11. The van der Waals surface area contributed by atoms with Gasteiger partial charge in [-0.15, -0.1) is 0 Å². The van der Waals surface area contributed by atoms with E-state index in [1.807, 2.05) is 43.3 Å². The first-order valence-electron chi connectivity index (χ1n) is 13.0. The lowest BCUT2D eigenvalue weighted by Crippen LogP contribution is -2.22. The number of hydrogen-bond donors (Lipinski definition) is 3. The maximum Gasteiger partial charge on any atom is 0.272 e. The molecule has 5 aromatic rings. The van der Waals surface area contributed by atoms with Crippen LogP contribution in [0.25, 0.3) is 22.2 Å². The van der Waals surface area contributed by atoms with Gasteiger partial charge >= 0.3 is 0 Å². The molecule has 3 aromatic carbocycles. The van der Waals surface area contributed by atoms with Crippen molar-refractivity contribution in [1.82, 2.24) is 15.1 Å². The number of aromatic nitrogens is 3. The molecule has 2 aromatic heterocycles. The van der Waals surface area contributed by atoms with Gasteiger partial charge in [-0.2, -0.15) is 4.98 Å². The van der Waals surface area contributed by atoms with Crippen LogP contribution < -0.4 is 30.6 Å². The standard InChI is InChI=1S/C30H30N6O6S/c1-16-11-12-18(32-28(37)23(40-4)17-9-7-6-8-10-17)13-20(16)27-35-29(42-36-27)25-26(31)34-30(43-25)33-19-14-21(38-2)24(41-5)22(15-19)39-3/h6-15,23H,31H2,1-5H3,(H,32,37)(H,33,34). The van der Waals surface area contributed by atoms with Crippen LogP contribution in [-0.4, -0.2) is 49.5 Å². The summed E-state index contributed by atoms with van der Waals surface area (Å²) in [4.78, 5) is 22.5. The van der Waals surface area contributed by atoms with E-state index >= 15 is 0 Å². The van der Waals surface area contributed by atoms with Crippen LogP contribution >= 0.6 is 11.3 Å². The fourth-order valence-electron chi connectivity index (χ4n) is 4.41. The number of ether oxygens (including phenoxy) is 4. The molecule has 1 unspecified atom stereocenters. The molecule has 0 saturated carbocycles. The summed E-state index contributed by atoms with van der Waals surface area (Å²) in [6, 6.07) is 18.2. The SMILES string of the molecule is COc1cc(Nc2nc(N)c(-c3nc(-c4cc(NC(=O)C(OC)c5ccccc5)ccc4C)no3)s2)cc(OC)c1OC. The second kappa shape index (κ2) is 12.8. The molecule has 4 N–H and O–H groups in total. The second-order valence-corrected chi connectivity index (χ2v) is 10.2. The molecule has 13 heteroatoms. The van der Waals surface area contributed by atoms with Crippen molar-refractivity contribution in [2.75, 3.05) is 44.8 Å². The molecule has 222 valence electrons. The summed E-state index contributed by atoms with van der Waals surface area (Å²) in [6.07, 6.45) is -0.764. The van der Waals surface area contributed by atoms with Gasteiger partial charge in [-0.1, -0.05) is 52.9 Å². The number of nitrogens with one attached hydrogen (secondary N) is 2. The Morgan fingerprint density at radius 1 is 0.930 bits per heavy atom. The Kier molecular flexibility index (Phi) is 8.74. The summed E-state index contributed by atoms with van der Waals surface area (Å²) in [7, 11) is 6.12. The maximum atomic E-state index is 13.0. The summed E-state index contributed by atoms with van der Waals surface area (Å²) in [5.41, 5.74) is 9.76. The summed E-state index contributed by atoms with van der Waals surface area (Å²) >= 11 is 1.24. The fraction of sp³-hybridized carbons (Fsp3) is 0.200. The van der Waals surface area contributed by atoms with Gasteiger partial charge < -0.3 is 39.8 Å². The number of aryl methyl sites for hydroxylation is 1. The van der Waals surface area contributed by atoms with E-state index in [-0.39, 0.29) is 17.6 Å². The zero-order chi connectivity index (χ0) is 30.5. The minimum atomic E-state index is -0.764. The minimum Gasteiger partial charge on any atom is -0.493 e. The summed E-state index contributed by atoms with van der Waals surface area (Å²) in [6.45, 7) is 1.92. The summed E-state index contributed by atoms with van der Waals surface area (Å²) < 4.78 is 27.3. The molecule has 0 aliphatic carbocycles. The number of methoxy groups -OCH3 is 4. The van der Waals surface area contributed by atoms with Gasteiger partial charge in [-0.25, -0.2) is 4.98 Å². The molecule has 5 rings (SSSR count). The van der Waals surface area contributed by atoms with Crippen molar-refractivity contribution in [3.05, 3.63) is 71.8 Å². The molecule has 12 nitrogen and oxygen atoms in total. The van der Waals surface area contributed by atoms with Gasteiger partial charge in [0.25, 0.3) is 11.8 Å². The molecule has 1 amide bonds. The lowest BCUT2D eigenvalue weighted by molar-refractivity contribution is -0.126. The smallest absolute Gasteiger partial charge is 0.272 e. The number of thiazole rings is 1. The predicted octanol–water partition coefficient (Wildman–Crippen LogP) is 5.85. The van der Waals surface area contributed by atoms with Gasteiger partial charge in [-0.3, -0.25) is 4.79 Å². The average molecular weight is 603 g/mol. The number of nitrogens with zero attached hydrogens (tertiary/aromatic N) is 3. The van der Waals surface area contributed by atoms with Gasteiger partial charge in [0.1, 0.15) is 10.7 Å². The van der Waals surface area contributed by atoms with Crippen LogP contribution in [0.2, 0.25) is 0 Å². The van der Waals surface area contributed by atoms with Gasteiger partial charge in [0.2, 0.25) is 11.6 Å². The second-order valence-electron chi connectivity index (χ2n) is 9.24. The highest BCUT2D eigenvalue weighted by molar-refractivity contribution is 7.19. The molecule has 0 spiro atoms. The molecular weight excluding hydrogens is 572 g/mol. The van der Waals surface area contributed by atoms with Crippen molar-refractivity contribution in [2.45, 2.75) is 13.0 Å². The van der Waals surface area contributed by atoms with Crippen molar-refractivity contribution in [3.63, 3.8) is 0 Å². The molecule has 2 heterocycles. The number of carbonyl (C=O) groups is 1. The first-order valence-corrected chi connectivity index (χ1v) is 13.8. The topological polar surface area (TPSA) is 156 Å². The normalized spacial score (nSPS) is 11.6. The number of nitrogens with two attached hydrogens (primary N) is 1. The third kappa shape index (κ3) is 6.22. The lowest BCUT2D eigenvalue weighted by Gasteiger charge is -2.16. The first kappa shape index (κ1) is 29.4. The van der Waals surface area contributed by atoms with Crippen molar-refractivity contribution in [2.24, 2.45) is 0 Å². The molecule has 43 heavy (non-hydrogen) atoms. The van der Waals surface area contributed by atoms with Crippen LogP contribution in [0.15, 0.2) is 65.2 Å². The molecule has 1 atom stereocenters. The lowest BCUT2D eigenvalue weighted by atomic mass is 10.1. The predicted molar refractivity (Wildman–Crippen MR) is 164 cm³/mol. The van der Waals surface area contributed by atoms with Crippen molar-refractivity contribution < 1.29 is 28.3 Å². The molecule has 0 radical (unpaired) electrons. The van der Waals surface area contributed by atoms with E-state index < -0.39 is 6.10 Å². The van der Waals surface area contributed by atoms with Crippen LogP contribution in [0.5, 0.6) is 17.2 Å². The van der Waals surface area contributed by atoms with E-state index in [0.29, 0.717) is 50.0 Å². The molecular formula is C30H30N6O6S. The third-order valence-electron chi connectivity index (χ3n) is 6.51. The largest absolute Gasteiger partial charge is 0.493 e. The number of nitrogen functional groups attached to an aromatic ring is 1. The molecule has 0 aliphatic heterocycles. The fourth-order valence-corrected chi connectivity index (χ4v) is 5.24. The van der Waals surface area contributed by atoms with E-state index in [0.717, 1.165) is 11.1 Å². The summed E-state index contributed by atoms with van der Waals surface area (Å²) in [5, 5.41) is 10.8. The van der Waals surface area contributed by atoms with Crippen LogP contribution in [0.3, 0.4) is 0 Å². The van der Waals surface area contributed by atoms with E-state index in [1.165, 1.54) is 25.6 Å². The van der Waals surface area contributed by atoms with Gasteiger partial charge in [0.15, 0.2) is 22.7 Å². The Bertz CT molecular complexity index is 1710. The van der Waals surface area contributed by atoms with E-state index in [4.69, 9.17) is 29.2 Å². The van der Waals surface area contributed by atoms with E-state index in [9.17, 15) is 4.79 Å². The highest BCUT2D eigenvalue weighted by Crippen LogP contribution is 2.42. The number of hydrogen-bond acceptors (Lipinski definition) is 12. The van der Waals surface area contributed by atoms with Gasteiger partial charge in [0, 0.05) is 36.2 Å².